The molecule has 0 aliphatic carbocycles. The molecule has 0 fully saturated rings. The van der Waals surface area contributed by atoms with Crippen LogP contribution in [-0.2, 0) is 4.74 Å². The van der Waals surface area contributed by atoms with Gasteiger partial charge in [0.2, 0.25) is 0 Å². The summed E-state index contributed by atoms with van der Waals surface area (Å²) in [6.45, 7) is 0. The van der Waals surface area contributed by atoms with Crippen LogP contribution in [0.25, 0.3) is 11.0 Å². The summed E-state index contributed by atoms with van der Waals surface area (Å²) in [6.07, 6.45) is -0.510. The number of halogens is 1. The molecule has 1 aromatic heterocycles. The number of anilines is 1. The fraction of sp³-hybridized carbons (Fsp3) is 0.100. The first-order valence-electron chi connectivity index (χ1n) is 4.23. The van der Waals surface area contributed by atoms with Gasteiger partial charge in [0.05, 0.1) is 7.11 Å². The van der Waals surface area contributed by atoms with Gasteiger partial charge < -0.3 is 9.15 Å². The Labute approximate surface area is 90.8 Å². The zero-order valence-corrected chi connectivity index (χ0v) is 8.67. The Bertz CT molecular complexity index is 506. The van der Waals surface area contributed by atoms with E-state index in [0.717, 1.165) is 5.39 Å². The van der Waals surface area contributed by atoms with Crippen LogP contribution in [0, 0.1) is 0 Å². The Balaban J connectivity index is 2.33. The van der Waals surface area contributed by atoms with E-state index in [1.54, 1.807) is 24.3 Å². The molecular formula is C10H8ClNO3. The number of fused-ring (bicyclic) bond motifs is 1. The second-order valence-corrected chi connectivity index (χ2v) is 3.29. The second-order valence-electron chi connectivity index (χ2n) is 2.92. The van der Waals surface area contributed by atoms with E-state index in [9.17, 15) is 4.79 Å². The van der Waals surface area contributed by atoms with Crippen molar-refractivity contribution in [3.05, 3.63) is 29.5 Å². The highest BCUT2D eigenvalue weighted by Crippen LogP contribution is 2.25. The molecule has 0 atom stereocenters. The number of furan rings is 1. The standard InChI is InChI=1S/C10H8ClNO3/c1-14-10(13)12-7-2-3-8-6(4-7)5-9(11)15-8/h2-5H,1H3,(H,12,13). The molecule has 1 amide bonds. The smallest absolute Gasteiger partial charge is 0.411 e. The van der Waals surface area contributed by atoms with E-state index in [4.69, 9.17) is 16.0 Å². The molecule has 0 aliphatic rings. The molecule has 1 aromatic carbocycles. The first kappa shape index (κ1) is 9.86. The third-order valence-corrected chi connectivity index (χ3v) is 2.10. The molecule has 2 rings (SSSR count). The van der Waals surface area contributed by atoms with E-state index in [1.807, 2.05) is 0 Å². The molecule has 0 aliphatic heterocycles. The molecule has 15 heavy (non-hydrogen) atoms. The number of hydrogen-bond donors (Lipinski definition) is 1. The number of rotatable bonds is 1. The summed E-state index contributed by atoms with van der Waals surface area (Å²) in [6, 6.07) is 6.87. The normalized spacial score (nSPS) is 10.3. The maximum atomic E-state index is 10.9. The number of ether oxygens (including phenoxy) is 1. The minimum Gasteiger partial charge on any atom is -0.453 e. The third-order valence-electron chi connectivity index (χ3n) is 1.92. The van der Waals surface area contributed by atoms with Crippen molar-refractivity contribution in [3.63, 3.8) is 0 Å². The number of amides is 1. The zero-order valence-electron chi connectivity index (χ0n) is 7.91. The SMILES string of the molecule is COC(=O)Nc1ccc2oc(Cl)cc2c1. The Morgan fingerprint density at radius 1 is 1.47 bits per heavy atom. The predicted molar refractivity (Wildman–Crippen MR) is 57.3 cm³/mol. The maximum Gasteiger partial charge on any atom is 0.411 e. The highest BCUT2D eigenvalue weighted by molar-refractivity contribution is 6.29. The number of nitrogens with one attached hydrogen (secondary N) is 1. The molecule has 5 heteroatoms. The van der Waals surface area contributed by atoms with Gasteiger partial charge in [-0.05, 0) is 29.8 Å². The number of carbonyl (C=O) groups is 1. The molecule has 78 valence electrons. The van der Waals surface area contributed by atoms with Crippen molar-refractivity contribution in [1.29, 1.82) is 0 Å². The zero-order chi connectivity index (χ0) is 10.8. The summed E-state index contributed by atoms with van der Waals surface area (Å²) in [4.78, 5) is 10.9. The van der Waals surface area contributed by atoms with Gasteiger partial charge in [-0.2, -0.15) is 0 Å². The Hall–Kier alpha value is -1.68. The summed E-state index contributed by atoms with van der Waals surface area (Å²) in [5, 5.41) is 3.69. The summed E-state index contributed by atoms with van der Waals surface area (Å²) >= 11 is 5.69. The fourth-order valence-corrected chi connectivity index (χ4v) is 1.46. The largest absolute Gasteiger partial charge is 0.453 e. The number of carbonyl (C=O) groups excluding carboxylic acids is 1. The van der Waals surface area contributed by atoms with Crippen molar-refractivity contribution in [2.45, 2.75) is 0 Å². The molecule has 0 spiro atoms. The van der Waals surface area contributed by atoms with E-state index >= 15 is 0 Å². The molecule has 4 nitrogen and oxygen atoms in total. The van der Waals surface area contributed by atoms with Gasteiger partial charge in [-0.3, -0.25) is 5.32 Å². The Morgan fingerprint density at radius 3 is 3.00 bits per heavy atom. The molecule has 1 heterocycles. The topological polar surface area (TPSA) is 51.5 Å². The van der Waals surface area contributed by atoms with Crippen molar-refractivity contribution in [2.24, 2.45) is 0 Å². The summed E-state index contributed by atoms with van der Waals surface area (Å²) in [5.74, 6) is 0. The van der Waals surface area contributed by atoms with Crippen LogP contribution in [0.2, 0.25) is 5.22 Å². The van der Waals surface area contributed by atoms with E-state index in [-0.39, 0.29) is 0 Å². The van der Waals surface area contributed by atoms with Crippen LogP contribution >= 0.6 is 11.6 Å². The first-order chi connectivity index (χ1) is 7.19. The monoisotopic (exact) mass is 225 g/mol. The quantitative estimate of drug-likeness (QED) is 0.810. The molecule has 0 radical (unpaired) electrons. The Kier molecular flexibility index (Phi) is 2.51. The number of benzene rings is 1. The molecule has 2 aromatic rings. The Morgan fingerprint density at radius 2 is 2.27 bits per heavy atom. The van der Waals surface area contributed by atoms with Crippen molar-refractivity contribution in [2.75, 3.05) is 12.4 Å². The van der Waals surface area contributed by atoms with Crippen LogP contribution in [0.15, 0.2) is 28.7 Å². The van der Waals surface area contributed by atoms with Gasteiger partial charge in [0.25, 0.3) is 0 Å². The average Bonchev–Trinajstić information content (AvgIpc) is 2.57. The third kappa shape index (κ3) is 2.05. The van der Waals surface area contributed by atoms with E-state index < -0.39 is 6.09 Å². The highest BCUT2D eigenvalue weighted by atomic mass is 35.5. The molecule has 0 bridgehead atoms. The summed E-state index contributed by atoms with van der Waals surface area (Å²) < 4.78 is 9.65. The van der Waals surface area contributed by atoms with Gasteiger partial charge in [0.15, 0.2) is 5.22 Å². The van der Waals surface area contributed by atoms with Gasteiger partial charge in [0.1, 0.15) is 5.58 Å². The van der Waals surface area contributed by atoms with Crippen LogP contribution in [0.1, 0.15) is 0 Å². The maximum absolute atomic E-state index is 10.9. The fourth-order valence-electron chi connectivity index (χ4n) is 1.26. The van der Waals surface area contributed by atoms with E-state index in [0.29, 0.717) is 16.5 Å². The van der Waals surface area contributed by atoms with Gasteiger partial charge in [0, 0.05) is 17.1 Å². The van der Waals surface area contributed by atoms with Crippen molar-refractivity contribution < 1.29 is 13.9 Å². The van der Waals surface area contributed by atoms with Gasteiger partial charge in [-0.15, -0.1) is 0 Å². The molecular weight excluding hydrogens is 218 g/mol. The molecule has 0 unspecified atom stereocenters. The van der Waals surface area contributed by atoms with E-state index in [2.05, 4.69) is 10.1 Å². The minimum absolute atomic E-state index is 0.320. The molecule has 0 saturated carbocycles. The summed E-state index contributed by atoms with van der Waals surface area (Å²) in [5.41, 5.74) is 1.31. The van der Waals surface area contributed by atoms with E-state index in [1.165, 1.54) is 7.11 Å². The molecule has 0 saturated heterocycles. The lowest BCUT2D eigenvalue weighted by Gasteiger charge is -2.02. The van der Waals surface area contributed by atoms with Gasteiger partial charge >= 0.3 is 6.09 Å². The van der Waals surface area contributed by atoms with Crippen LogP contribution in [0.3, 0.4) is 0 Å². The van der Waals surface area contributed by atoms with Crippen molar-refractivity contribution in [1.82, 2.24) is 0 Å². The van der Waals surface area contributed by atoms with Crippen molar-refractivity contribution in [3.8, 4) is 0 Å². The highest BCUT2D eigenvalue weighted by Gasteiger charge is 2.04. The summed E-state index contributed by atoms with van der Waals surface area (Å²) in [7, 11) is 1.31. The van der Waals surface area contributed by atoms with Crippen LogP contribution in [0.5, 0.6) is 0 Å². The van der Waals surface area contributed by atoms with Crippen LogP contribution in [-0.4, -0.2) is 13.2 Å². The first-order valence-corrected chi connectivity index (χ1v) is 4.61. The lowest BCUT2D eigenvalue weighted by Crippen LogP contribution is -2.10. The van der Waals surface area contributed by atoms with Crippen LogP contribution < -0.4 is 5.32 Å². The number of hydrogen-bond acceptors (Lipinski definition) is 3. The molecule has 1 N–H and O–H groups in total. The predicted octanol–water partition coefficient (Wildman–Crippen LogP) is 3.26. The van der Waals surface area contributed by atoms with Gasteiger partial charge in [-0.25, -0.2) is 4.79 Å². The van der Waals surface area contributed by atoms with Crippen LogP contribution in [0.4, 0.5) is 10.5 Å². The van der Waals surface area contributed by atoms with Crippen molar-refractivity contribution >= 4 is 34.4 Å². The second kappa shape index (κ2) is 3.82. The average molecular weight is 226 g/mol. The van der Waals surface area contributed by atoms with Gasteiger partial charge in [-0.1, -0.05) is 0 Å². The number of methoxy groups -OCH3 is 1. The minimum atomic E-state index is -0.510. The lowest BCUT2D eigenvalue weighted by molar-refractivity contribution is 0.187. The lowest BCUT2D eigenvalue weighted by atomic mass is 10.2.